The van der Waals surface area contributed by atoms with Crippen LogP contribution in [-0.2, 0) is 47.4 Å². The molecule has 67 heavy (non-hydrogen) atoms. The average molecular weight is 1070 g/mol. The van der Waals surface area contributed by atoms with Crippen molar-refractivity contribution in [3.63, 3.8) is 0 Å². The second-order valence-electron chi connectivity index (χ2n) is 15.0. The molecule has 2 aliphatic heterocycles. The molecule has 0 radical (unpaired) electrons. The van der Waals surface area contributed by atoms with Crippen molar-refractivity contribution in [2.24, 2.45) is 5.16 Å². The number of hydrogen-bond acceptors (Lipinski definition) is 14. The number of benzene rings is 4. The number of thiophene rings is 1. The summed E-state index contributed by atoms with van der Waals surface area (Å²) in [5.41, 5.74) is 3.85. The maximum atomic E-state index is 14.2. The molecule has 9 rings (SSSR count). The lowest BCUT2D eigenvalue weighted by Gasteiger charge is -2.49. The smallest absolute Gasteiger partial charge is 0.355 e. The highest BCUT2D eigenvalue weighted by Crippen LogP contribution is 2.42. The molecule has 1 unspecified atom stereocenters. The number of nitrogens with one attached hydrogen (secondary N) is 3. The van der Waals surface area contributed by atoms with Gasteiger partial charge in [-0.3, -0.25) is 19.3 Å². The lowest BCUT2D eigenvalue weighted by Crippen LogP contribution is -3.00. The topological polar surface area (TPSA) is 177 Å². The molecule has 1 saturated heterocycles. The fourth-order valence-electron chi connectivity index (χ4n) is 8.09. The first-order chi connectivity index (χ1) is 32.3. The van der Waals surface area contributed by atoms with Gasteiger partial charge in [-0.1, -0.05) is 120 Å². The quantitative estimate of drug-likeness (QED) is 0.0178. The summed E-state index contributed by atoms with van der Waals surface area (Å²) in [6, 6.07) is 39.8. The molecule has 5 heterocycles. The number of carbonyl (C=O) groups is 4. The van der Waals surface area contributed by atoms with Crippen molar-refractivity contribution < 1.29 is 62.0 Å². The molecule has 2 atom stereocenters. The van der Waals surface area contributed by atoms with Gasteiger partial charge in [-0.05, 0) is 40.5 Å². The van der Waals surface area contributed by atoms with E-state index in [-0.39, 0.29) is 54.4 Å². The van der Waals surface area contributed by atoms with Crippen molar-refractivity contribution >= 4 is 85.6 Å². The van der Waals surface area contributed by atoms with Crippen molar-refractivity contribution in [2.45, 2.75) is 30.1 Å². The summed E-state index contributed by atoms with van der Waals surface area (Å²) in [5, 5.41) is 15.7. The first-order valence-corrected chi connectivity index (χ1v) is 23.3. The van der Waals surface area contributed by atoms with E-state index in [0.717, 1.165) is 44.0 Å². The number of carbonyl (C=O) groups excluding carboxylic acids is 4. The lowest BCUT2D eigenvalue weighted by molar-refractivity contribution is -0.661. The standard InChI is InChI=1S/C48H40N8O7S3.HI/c1-61-35-22-20-30(21-23-35)26-63-46(60)40-31(25-55-24-12-19-36-37(49-29-57)28-65-44(36)55)27-64-45-39(43(59)56(40)45)50-42(58)38(53-62-2)41-51-47(66-54-41)52-48(32-13-6-3-7-14-32,33-15-8-4-9-16-33)34-17-10-5-11-18-34;/h3-24,28-29,39,45H,25-27H2,1-2H3,(H2-,49,50,51,52,54,57,58);1H/b53-38-;/t39?,45-;/m1./s1. The second kappa shape index (κ2) is 20.9. The van der Waals surface area contributed by atoms with Gasteiger partial charge in [-0.25, -0.2) is 4.79 Å². The number of rotatable bonds is 17. The number of nitrogens with zero attached hydrogens (tertiary/aromatic N) is 5. The van der Waals surface area contributed by atoms with Crippen molar-refractivity contribution in [1.82, 2.24) is 19.6 Å². The van der Waals surface area contributed by atoms with Crippen LogP contribution >= 0.6 is 34.6 Å². The molecule has 3 amide bonds. The van der Waals surface area contributed by atoms with E-state index in [9.17, 15) is 19.2 Å². The van der Waals surface area contributed by atoms with Gasteiger partial charge in [0.2, 0.25) is 23.1 Å². The van der Waals surface area contributed by atoms with Gasteiger partial charge in [0, 0.05) is 34.3 Å². The summed E-state index contributed by atoms with van der Waals surface area (Å²) >= 11 is 3.90. The number of amides is 3. The number of pyridine rings is 1. The van der Waals surface area contributed by atoms with Crippen LogP contribution in [0.25, 0.3) is 10.2 Å². The lowest BCUT2D eigenvalue weighted by atomic mass is 9.77. The molecule has 3 aromatic heterocycles. The van der Waals surface area contributed by atoms with E-state index < -0.39 is 34.7 Å². The monoisotopic (exact) mass is 1060 g/mol. The fraction of sp³-hybridized carbons (Fsp3) is 0.167. The molecule has 19 heteroatoms. The number of halogens is 1. The molecular formula is C48H41IN8O7S3. The van der Waals surface area contributed by atoms with Gasteiger partial charge >= 0.3 is 5.97 Å². The van der Waals surface area contributed by atoms with Gasteiger partial charge < -0.3 is 54.2 Å². The van der Waals surface area contributed by atoms with E-state index in [0.29, 0.717) is 34.3 Å². The predicted octanol–water partition coefficient (Wildman–Crippen LogP) is 3.47. The largest absolute Gasteiger partial charge is 1.00 e. The zero-order valence-corrected chi connectivity index (χ0v) is 40.4. The SMILES string of the molecule is CO/N=C(\C(=O)NC1C(=O)N2C(C(=O)OCc3ccc(OC)cc3)=C(C[n+]3cccc4c(NC=O)csc43)CS[C@H]12)c1nsc(NC(c2ccccc2)(c2ccccc2)c2ccccc2)n1.[I-]. The van der Waals surface area contributed by atoms with Crippen LogP contribution in [0.1, 0.15) is 28.1 Å². The minimum absolute atomic E-state index is 0. The molecule has 2 aliphatic rings. The number of anilines is 2. The molecule has 0 bridgehead atoms. The third kappa shape index (κ3) is 9.36. The zero-order chi connectivity index (χ0) is 45.6. The second-order valence-corrected chi connectivity index (χ2v) is 17.7. The molecule has 15 nitrogen and oxygen atoms in total. The number of ether oxygens (including phenoxy) is 2. The van der Waals surface area contributed by atoms with Crippen LogP contribution in [0.3, 0.4) is 0 Å². The number of methoxy groups -OCH3 is 1. The number of fused-ring (bicyclic) bond motifs is 2. The molecule has 7 aromatic rings. The van der Waals surface area contributed by atoms with Crippen LogP contribution in [0.4, 0.5) is 10.8 Å². The van der Waals surface area contributed by atoms with Crippen molar-refractivity contribution in [1.29, 1.82) is 0 Å². The summed E-state index contributed by atoms with van der Waals surface area (Å²) in [4.78, 5) is 66.0. The van der Waals surface area contributed by atoms with Crippen molar-refractivity contribution in [2.75, 3.05) is 30.6 Å². The highest BCUT2D eigenvalue weighted by atomic mass is 127. The van der Waals surface area contributed by atoms with Gasteiger partial charge in [0.25, 0.3) is 16.6 Å². The van der Waals surface area contributed by atoms with Crippen LogP contribution in [0.2, 0.25) is 0 Å². The van der Waals surface area contributed by atoms with Gasteiger partial charge in [0.1, 0.15) is 42.1 Å². The maximum absolute atomic E-state index is 14.2. The van der Waals surface area contributed by atoms with E-state index in [1.807, 2.05) is 119 Å². The van der Waals surface area contributed by atoms with E-state index in [4.69, 9.17) is 19.3 Å². The van der Waals surface area contributed by atoms with Gasteiger partial charge in [0.15, 0.2) is 12.7 Å². The Bertz CT molecular complexity index is 2880. The number of β-lactam (4-membered cyclic amide) rings is 1. The third-order valence-corrected chi connectivity index (χ3v) is 14.2. The Morgan fingerprint density at radius 2 is 1.57 bits per heavy atom. The maximum Gasteiger partial charge on any atom is 0.355 e. The molecule has 0 saturated carbocycles. The first-order valence-electron chi connectivity index (χ1n) is 20.6. The summed E-state index contributed by atoms with van der Waals surface area (Å²) in [6.07, 6.45) is 2.51. The van der Waals surface area contributed by atoms with Crippen LogP contribution in [0, 0.1) is 0 Å². The Morgan fingerprint density at radius 3 is 2.18 bits per heavy atom. The normalized spacial score (nSPS) is 15.7. The minimum atomic E-state index is -1.03. The highest BCUT2D eigenvalue weighted by Gasteiger charge is 2.55. The molecule has 3 N–H and O–H groups in total. The molecule has 0 spiro atoms. The summed E-state index contributed by atoms with van der Waals surface area (Å²) in [7, 11) is 2.88. The van der Waals surface area contributed by atoms with E-state index in [2.05, 4.69) is 25.5 Å². The van der Waals surface area contributed by atoms with E-state index in [1.54, 1.807) is 31.4 Å². The highest BCUT2D eigenvalue weighted by molar-refractivity contribution is 8.00. The summed E-state index contributed by atoms with van der Waals surface area (Å²) < 4.78 is 17.6. The predicted molar refractivity (Wildman–Crippen MR) is 253 cm³/mol. The number of esters is 1. The Balaban J connectivity index is 0.00000608. The van der Waals surface area contributed by atoms with Crippen molar-refractivity contribution in [3.8, 4) is 5.75 Å². The van der Waals surface area contributed by atoms with E-state index in [1.165, 1.54) is 35.1 Å². The molecule has 340 valence electrons. The van der Waals surface area contributed by atoms with Crippen LogP contribution < -0.4 is 49.2 Å². The van der Waals surface area contributed by atoms with Gasteiger partial charge in [-0.15, -0.1) is 11.8 Å². The summed E-state index contributed by atoms with van der Waals surface area (Å²) in [5.74, 6) is -0.937. The first kappa shape index (κ1) is 46.8. The van der Waals surface area contributed by atoms with Gasteiger partial charge in [0.05, 0.1) is 18.2 Å². The van der Waals surface area contributed by atoms with Crippen molar-refractivity contribution in [3.05, 3.63) is 178 Å². The number of thioether (sulfide) groups is 1. The Hall–Kier alpha value is -6.68. The van der Waals surface area contributed by atoms with Crippen LogP contribution in [0.15, 0.2) is 155 Å². The summed E-state index contributed by atoms with van der Waals surface area (Å²) in [6.45, 7) is 0.202. The Morgan fingerprint density at radius 1 is 0.910 bits per heavy atom. The number of aromatic nitrogens is 3. The minimum Gasteiger partial charge on any atom is -1.00 e. The molecular weight excluding hydrogens is 1020 g/mol. The Labute approximate surface area is 414 Å². The van der Waals surface area contributed by atoms with Crippen LogP contribution in [-0.4, -0.2) is 75.6 Å². The van der Waals surface area contributed by atoms with E-state index >= 15 is 0 Å². The van der Waals surface area contributed by atoms with Gasteiger partial charge in [-0.2, -0.15) is 13.9 Å². The molecule has 4 aromatic carbocycles. The third-order valence-electron chi connectivity index (χ3n) is 11.2. The fourth-order valence-corrected chi connectivity index (χ4v) is 11.0. The number of oxime groups is 1. The molecule has 1 fully saturated rings. The average Bonchev–Trinajstić information content (AvgIpc) is 4.01. The zero-order valence-electron chi connectivity index (χ0n) is 35.8. The Kier molecular flexibility index (Phi) is 14.6. The van der Waals surface area contributed by atoms with Crippen LogP contribution in [0.5, 0.6) is 5.75 Å². The molecule has 0 aliphatic carbocycles. The number of hydrogen-bond donors (Lipinski definition) is 3.